The van der Waals surface area contributed by atoms with E-state index in [-0.39, 0.29) is 5.92 Å². The quantitative estimate of drug-likeness (QED) is 0.529. The molecule has 0 spiro atoms. The van der Waals surface area contributed by atoms with Gasteiger partial charge in [-0.25, -0.2) is 4.98 Å². The lowest BCUT2D eigenvalue weighted by atomic mass is 10.1. The normalized spacial score (nSPS) is 22.6. The summed E-state index contributed by atoms with van der Waals surface area (Å²) >= 11 is 0. The van der Waals surface area contributed by atoms with Crippen LogP contribution in [0.1, 0.15) is 18.2 Å². The van der Waals surface area contributed by atoms with E-state index in [4.69, 9.17) is 0 Å². The minimum Gasteiger partial charge on any atom is -0.334 e. The first-order valence-corrected chi connectivity index (χ1v) is 3.38. The zero-order valence-corrected chi connectivity index (χ0v) is 5.53. The summed E-state index contributed by atoms with van der Waals surface area (Å²) in [6.07, 6.45) is 5.56. The Morgan fingerprint density at radius 2 is 2.70 bits per heavy atom. The van der Waals surface area contributed by atoms with Crippen LogP contribution < -0.4 is 0 Å². The maximum atomic E-state index is 10.4. The lowest BCUT2D eigenvalue weighted by Gasteiger charge is -1.93. The van der Waals surface area contributed by atoms with Crippen molar-refractivity contribution in [3.63, 3.8) is 0 Å². The van der Waals surface area contributed by atoms with Crippen molar-refractivity contribution in [2.75, 3.05) is 0 Å². The summed E-state index contributed by atoms with van der Waals surface area (Å²) in [6, 6.07) is 0. The Morgan fingerprint density at radius 3 is 3.50 bits per heavy atom. The summed E-state index contributed by atoms with van der Waals surface area (Å²) in [4.78, 5) is 14.5. The Kier molecular flexibility index (Phi) is 1.09. The van der Waals surface area contributed by atoms with Crippen molar-refractivity contribution in [3.05, 3.63) is 18.2 Å². The molecule has 3 heteroatoms. The van der Waals surface area contributed by atoms with Gasteiger partial charge in [-0.05, 0) is 6.42 Å². The van der Waals surface area contributed by atoms with Crippen LogP contribution in [0.4, 0.5) is 0 Å². The SMILES string of the molecule is O=C[C@H]1CCn2ccnc21. The average Bonchev–Trinajstić information content (AvgIpc) is 2.44. The lowest BCUT2D eigenvalue weighted by Crippen LogP contribution is -1.95. The molecule has 1 aromatic rings. The average molecular weight is 136 g/mol. The predicted octanol–water partition coefficient (Wildman–Crippen LogP) is 0.569. The van der Waals surface area contributed by atoms with Crippen molar-refractivity contribution in [2.24, 2.45) is 0 Å². The fourth-order valence-corrected chi connectivity index (χ4v) is 1.37. The third kappa shape index (κ3) is 0.602. The van der Waals surface area contributed by atoms with E-state index in [1.165, 1.54) is 0 Å². The molecule has 52 valence electrons. The van der Waals surface area contributed by atoms with Crippen molar-refractivity contribution in [1.82, 2.24) is 9.55 Å². The molecule has 0 bridgehead atoms. The molecule has 1 aliphatic rings. The summed E-state index contributed by atoms with van der Waals surface area (Å²) in [5.41, 5.74) is 0. The minimum atomic E-state index is 0.0509. The Balaban J connectivity index is 2.43. The van der Waals surface area contributed by atoms with Gasteiger partial charge in [0, 0.05) is 18.9 Å². The van der Waals surface area contributed by atoms with E-state index in [1.807, 2.05) is 10.8 Å². The number of aldehydes is 1. The van der Waals surface area contributed by atoms with Gasteiger partial charge in [0.2, 0.25) is 0 Å². The van der Waals surface area contributed by atoms with Gasteiger partial charge in [-0.1, -0.05) is 0 Å². The van der Waals surface area contributed by atoms with Gasteiger partial charge < -0.3 is 9.36 Å². The van der Waals surface area contributed by atoms with Crippen LogP contribution in [0, 0.1) is 0 Å². The van der Waals surface area contributed by atoms with E-state index in [1.54, 1.807) is 6.20 Å². The molecule has 0 amide bonds. The van der Waals surface area contributed by atoms with Crippen LogP contribution in [-0.4, -0.2) is 15.8 Å². The predicted molar refractivity (Wildman–Crippen MR) is 35.6 cm³/mol. The molecule has 2 rings (SSSR count). The standard InChI is InChI=1S/C7H8N2O/c10-5-6-1-3-9-4-2-8-7(6)9/h2,4-6H,1,3H2/t6-/m1/s1. The van der Waals surface area contributed by atoms with E-state index in [2.05, 4.69) is 4.98 Å². The molecule has 0 radical (unpaired) electrons. The molecule has 0 N–H and O–H groups in total. The Morgan fingerprint density at radius 1 is 1.80 bits per heavy atom. The minimum absolute atomic E-state index is 0.0509. The highest BCUT2D eigenvalue weighted by Gasteiger charge is 2.21. The van der Waals surface area contributed by atoms with Crippen molar-refractivity contribution in [2.45, 2.75) is 18.9 Å². The monoisotopic (exact) mass is 136 g/mol. The number of hydrogen-bond donors (Lipinski definition) is 0. The Hall–Kier alpha value is -1.12. The second kappa shape index (κ2) is 1.94. The summed E-state index contributed by atoms with van der Waals surface area (Å²) < 4.78 is 2.03. The molecular formula is C7H8N2O. The van der Waals surface area contributed by atoms with E-state index in [9.17, 15) is 4.79 Å². The fraction of sp³-hybridized carbons (Fsp3) is 0.429. The number of imidazole rings is 1. The highest BCUT2D eigenvalue weighted by atomic mass is 16.1. The second-order valence-electron chi connectivity index (χ2n) is 2.51. The number of nitrogens with zero attached hydrogens (tertiary/aromatic N) is 2. The molecule has 1 aromatic heterocycles. The Labute approximate surface area is 58.7 Å². The van der Waals surface area contributed by atoms with E-state index in [0.717, 1.165) is 25.1 Å². The van der Waals surface area contributed by atoms with Crippen LogP contribution in [0.2, 0.25) is 0 Å². The molecule has 0 unspecified atom stereocenters. The number of hydrogen-bond acceptors (Lipinski definition) is 2. The first kappa shape index (κ1) is 5.65. The van der Waals surface area contributed by atoms with Crippen LogP contribution in [0.3, 0.4) is 0 Å². The molecule has 10 heavy (non-hydrogen) atoms. The van der Waals surface area contributed by atoms with Crippen LogP contribution >= 0.6 is 0 Å². The summed E-state index contributed by atoms with van der Waals surface area (Å²) in [7, 11) is 0. The van der Waals surface area contributed by atoms with E-state index >= 15 is 0 Å². The second-order valence-corrected chi connectivity index (χ2v) is 2.51. The molecule has 0 aromatic carbocycles. The number of aromatic nitrogens is 2. The third-order valence-corrected chi connectivity index (χ3v) is 1.92. The van der Waals surface area contributed by atoms with Gasteiger partial charge in [0.05, 0.1) is 5.92 Å². The van der Waals surface area contributed by atoms with Gasteiger partial charge in [0.25, 0.3) is 0 Å². The lowest BCUT2D eigenvalue weighted by molar-refractivity contribution is -0.109. The highest BCUT2D eigenvalue weighted by molar-refractivity contribution is 5.60. The van der Waals surface area contributed by atoms with Crippen LogP contribution in [0.5, 0.6) is 0 Å². The van der Waals surface area contributed by atoms with Crippen molar-refractivity contribution >= 4 is 6.29 Å². The number of carbonyl (C=O) groups excluding carboxylic acids is 1. The molecule has 1 atom stereocenters. The van der Waals surface area contributed by atoms with Gasteiger partial charge in [0.1, 0.15) is 12.1 Å². The first-order valence-electron chi connectivity index (χ1n) is 3.38. The van der Waals surface area contributed by atoms with E-state index < -0.39 is 0 Å². The van der Waals surface area contributed by atoms with Gasteiger partial charge in [-0.15, -0.1) is 0 Å². The highest BCUT2D eigenvalue weighted by Crippen LogP contribution is 2.23. The maximum absolute atomic E-state index is 10.4. The van der Waals surface area contributed by atoms with Crippen LogP contribution in [0.15, 0.2) is 12.4 Å². The van der Waals surface area contributed by atoms with Crippen LogP contribution in [0.25, 0.3) is 0 Å². The van der Waals surface area contributed by atoms with E-state index in [0.29, 0.717) is 0 Å². The first-order chi connectivity index (χ1) is 4.92. The fourth-order valence-electron chi connectivity index (χ4n) is 1.37. The molecule has 3 nitrogen and oxygen atoms in total. The zero-order valence-electron chi connectivity index (χ0n) is 5.53. The number of fused-ring (bicyclic) bond motifs is 1. The number of rotatable bonds is 1. The summed E-state index contributed by atoms with van der Waals surface area (Å²) in [5.74, 6) is 0.977. The van der Waals surface area contributed by atoms with Gasteiger partial charge in [-0.2, -0.15) is 0 Å². The van der Waals surface area contributed by atoms with Gasteiger partial charge >= 0.3 is 0 Å². The maximum Gasteiger partial charge on any atom is 0.130 e. The third-order valence-electron chi connectivity index (χ3n) is 1.92. The molecular weight excluding hydrogens is 128 g/mol. The summed E-state index contributed by atoms with van der Waals surface area (Å²) in [5, 5.41) is 0. The largest absolute Gasteiger partial charge is 0.334 e. The molecule has 0 saturated heterocycles. The van der Waals surface area contributed by atoms with Crippen LogP contribution in [-0.2, 0) is 11.3 Å². The zero-order chi connectivity index (χ0) is 6.97. The van der Waals surface area contributed by atoms with Crippen molar-refractivity contribution in [3.8, 4) is 0 Å². The summed E-state index contributed by atoms with van der Waals surface area (Å²) in [6.45, 7) is 0.943. The molecule has 2 heterocycles. The molecule has 0 saturated carbocycles. The molecule has 0 fully saturated rings. The van der Waals surface area contributed by atoms with Gasteiger partial charge in [0.15, 0.2) is 0 Å². The number of carbonyl (C=O) groups is 1. The van der Waals surface area contributed by atoms with Crippen molar-refractivity contribution in [1.29, 1.82) is 0 Å². The van der Waals surface area contributed by atoms with Crippen molar-refractivity contribution < 1.29 is 4.79 Å². The number of aryl methyl sites for hydroxylation is 1. The van der Waals surface area contributed by atoms with Gasteiger partial charge in [-0.3, -0.25) is 0 Å². The smallest absolute Gasteiger partial charge is 0.130 e. The molecule has 1 aliphatic heterocycles. The molecule has 0 aliphatic carbocycles. The Bertz CT molecular complexity index is 254. The topological polar surface area (TPSA) is 34.9 Å².